The Hall–Kier alpha value is -4.39. The number of imidazole rings is 1. The summed E-state index contributed by atoms with van der Waals surface area (Å²) in [5, 5.41) is 8.50. The van der Waals surface area contributed by atoms with Gasteiger partial charge in [-0.1, -0.05) is 18.2 Å². The minimum atomic E-state index is -0.273. The van der Waals surface area contributed by atoms with Crippen molar-refractivity contribution in [2.45, 2.75) is 6.92 Å². The van der Waals surface area contributed by atoms with Gasteiger partial charge in [0.05, 0.1) is 16.7 Å². The van der Waals surface area contributed by atoms with Gasteiger partial charge in [-0.05, 0) is 60.5 Å². The summed E-state index contributed by atoms with van der Waals surface area (Å²) in [6.45, 7) is 1.87. The molecule has 4 heterocycles. The van der Waals surface area contributed by atoms with Crippen LogP contribution in [0.15, 0.2) is 73.1 Å². The Bertz CT molecular complexity index is 1580. The van der Waals surface area contributed by atoms with E-state index in [0.717, 1.165) is 44.4 Å². The summed E-state index contributed by atoms with van der Waals surface area (Å²) >= 11 is 0. The highest BCUT2D eigenvalue weighted by Gasteiger charge is 2.16. The van der Waals surface area contributed by atoms with Crippen molar-refractivity contribution >= 4 is 22.1 Å². The molecule has 154 valence electrons. The molecule has 6 rings (SSSR count). The summed E-state index contributed by atoms with van der Waals surface area (Å²) in [5.74, 6) is 0.322. The van der Waals surface area contributed by atoms with Crippen LogP contribution in [-0.4, -0.2) is 30.1 Å². The molecule has 0 aliphatic heterocycles. The molecular weight excluding hydrogens is 403 g/mol. The van der Waals surface area contributed by atoms with Crippen molar-refractivity contribution < 1.29 is 4.39 Å². The smallest absolute Gasteiger partial charge is 0.178 e. The Balaban J connectivity index is 1.52. The van der Waals surface area contributed by atoms with E-state index in [-0.39, 0.29) is 5.82 Å². The Morgan fingerprint density at radius 1 is 0.875 bits per heavy atom. The molecule has 2 N–H and O–H groups in total. The van der Waals surface area contributed by atoms with Crippen LogP contribution in [0.5, 0.6) is 0 Å². The standard InChI is InChI=1S/C25H17FN6/c1-14-10-16(12-17(26)11-14)18-7-9-28-24-22(18)29-25(30-24)23-19-13-15(5-6-21(19)31-32-23)20-4-2-3-8-27-20/h2-13H,1H3,(H,31,32)(H,28,29,30). The van der Waals surface area contributed by atoms with Gasteiger partial charge in [-0.2, -0.15) is 5.10 Å². The van der Waals surface area contributed by atoms with E-state index in [1.165, 1.54) is 12.1 Å². The van der Waals surface area contributed by atoms with E-state index in [9.17, 15) is 4.39 Å². The number of hydrogen-bond donors (Lipinski definition) is 2. The van der Waals surface area contributed by atoms with Crippen molar-refractivity contribution in [3.05, 3.63) is 84.4 Å². The fraction of sp³-hybridized carbons (Fsp3) is 0.0400. The Morgan fingerprint density at radius 2 is 1.81 bits per heavy atom. The fourth-order valence-corrected chi connectivity index (χ4v) is 4.04. The molecule has 0 aliphatic carbocycles. The molecule has 0 saturated carbocycles. The quantitative estimate of drug-likeness (QED) is 0.386. The molecule has 0 aliphatic rings. The third kappa shape index (κ3) is 3.02. The van der Waals surface area contributed by atoms with E-state index in [1.807, 2.05) is 55.5 Å². The number of H-pyrrole nitrogens is 2. The molecule has 7 heteroatoms. The third-order valence-electron chi connectivity index (χ3n) is 5.49. The number of rotatable bonds is 3. The summed E-state index contributed by atoms with van der Waals surface area (Å²) in [6.07, 6.45) is 3.46. The number of aromatic nitrogens is 6. The maximum absolute atomic E-state index is 14.0. The van der Waals surface area contributed by atoms with Crippen LogP contribution in [0, 0.1) is 12.7 Å². The van der Waals surface area contributed by atoms with Crippen molar-refractivity contribution in [2.24, 2.45) is 0 Å². The van der Waals surface area contributed by atoms with Crippen LogP contribution in [0.3, 0.4) is 0 Å². The number of pyridine rings is 2. The average Bonchev–Trinajstić information content (AvgIpc) is 3.42. The van der Waals surface area contributed by atoms with Crippen LogP contribution >= 0.6 is 0 Å². The summed E-state index contributed by atoms with van der Waals surface area (Å²) in [6, 6.07) is 18.7. The summed E-state index contributed by atoms with van der Waals surface area (Å²) in [4.78, 5) is 16.9. The van der Waals surface area contributed by atoms with E-state index < -0.39 is 0 Å². The van der Waals surface area contributed by atoms with Crippen LogP contribution in [0.4, 0.5) is 4.39 Å². The van der Waals surface area contributed by atoms with Crippen LogP contribution in [0.1, 0.15) is 5.56 Å². The normalized spacial score (nSPS) is 11.4. The van der Waals surface area contributed by atoms with Crippen molar-refractivity contribution in [3.63, 3.8) is 0 Å². The number of halogens is 1. The summed E-state index contributed by atoms with van der Waals surface area (Å²) in [5.41, 5.74) is 7.22. The van der Waals surface area contributed by atoms with E-state index in [4.69, 9.17) is 0 Å². The third-order valence-corrected chi connectivity index (χ3v) is 5.49. The lowest BCUT2D eigenvalue weighted by Crippen LogP contribution is -1.86. The number of aromatic amines is 2. The minimum Gasteiger partial charge on any atom is -0.335 e. The fourth-order valence-electron chi connectivity index (χ4n) is 4.04. The largest absolute Gasteiger partial charge is 0.335 e. The first-order valence-electron chi connectivity index (χ1n) is 10.2. The van der Waals surface area contributed by atoms with E-state index in [0.29, 0.717) is 17.2 Å². The predicted octanol–water partition coefficient (Wildman–Crippen LogP) is 5.68. The molecule has 4 aromatic heterocycles. The zero-order valence-electron chi connectivity index (χ0n) is 17.1. The molecule has 0 atom stereocenters. The first-order chi connectivity index (χ1) is 15.7. The van der Waals surface area contributed by atoms with Gasteiger partial charge in [0.2, 0.25) is 0 Å². The lowest BCUT2D eigenvalue weighted by Gasteiger charge is -2.04. The van der Waals surface area contributed by atoms with Gasteiger partial charge in [-0.3, -0.25) is 10.1 Å². The number of nitrogens with one attached hydrogen (secondary N) is 2. The maximum atomic E-state index is 14.0. The highest BCUT2D eigenvalue weighted by Crippen LogP contribution is 2.32. The molecule has 0 fully saturated rings. The Kier molecular flexibility index (Phi) is 4.07. The maximum Gasteiger partial charge on any atom is 0.178 e. The lowest BCUT2D eigenvalue weighted by atomic mass is 10.0. The van der Waals surface area contributed by atoms with Crippen molar-refractivity contribution in [1.82, 2.24) is 30.1 Å². The lowest BCUT2D eigenvalue weighted by molar-refractivity contribution is 0.627. The van der Waals surface area contributed by atoms with Gasteiger partial charge >= 0.3 is 0 Å². The first kappa shape index (κ1) is 18.4. The monoisotopic (exact) mass is 420 g/mol. The summed E-state index contributed by atoms with van der Waals surface area (Å²) in [7, 11) is 0. The van der Waals surface area contributed by atoms with Crippen molar-refractivity contribution in [3.8, 4) is 33.9 Å². The number of hydrogen-bond acceptors (Lipinski definition) is 4. The molecule has 32 heavy (non-hydrogen) atoms. The van der Waals surface area contributed by atoms with Gasteiger partial charge in [0, 0.05) is 28.9 Å². The molecule has 0 spiro atoms. The summed E-state index contributed by atoms with van der Waals surface area (Å²) < 4.78 is 14.0. The van der Waals surface area contributed by atoms with Gasteiger partial charge in [0.25, 0.3) is 0 Å². The van der Waals surface area contributed by atoms with Crippen LogP contribution in [0.2, 0.25) is 0 Å². The van der Waals surface area contributed by atoms with Crippen LogP contribution < -0.4 is 0 Å². The van der Waals surface area contributed by atoms with Gasteiger partial charge in [-0.15, -0.1) is 0 Å². The number of fused-ring (bicyclic) bond motifs is 2. The molecule has 0 saturated heterocycles. The van der Waals surface area contributed by atoms with Crippen LogP contribution in [0.25, 0.3) is 56.0 Å². The number of aryl methyl sites for hydroxylation is 1. The number of benzene rings is 2. The molecule has 0 unspecified atom stereocenters. The van der Waals surface area contributed by atoms with Crippen LogP contribution in [-0.2, 0) is 0 Å². The minimum absolute atomic E-state index is 0.273. The first-order valence-corrected chi connectivity index (χ1v) is 10.2. The molecule has 6 nitrogen and oxygen atoms in total. The average molecular weight is 420 g/mol. The van der Waals surface area contributed by atoms with Gasteiger partial charge in [-0.25, -0.2) is 14.4 Å². The van der Waals surface area contributed by atoms with E-state index in [2.05, 4.69) is 30.1 Å². The molecular formula is C25H17FN6. The predicted molar refractivity (Wildman–Crippen MR) is 122 cm³/mol. The highest BCUT2D eigenvalue weighted by atomic mass is 19.1. The van der Waals surface area contributed by atoms with Gasteiger partial charge in [0.15, 0.2) is 11.5 Å². The second-order valence-electron chi connectivity index (χ2n) is 7.71. The Labute approximate surface area is 182 Å². The molecule has 6 aromatic rings. The molecule has 0 bridgehead atoms. The second kappa shape index (κ2) is 7.09. The zero-order valence-corrected chi connectivity index (χ0v) is 17.1. The highest BCUT2D eigenvalue weighted by molar-refractivity contribution is 5.97. The van der Waals surface area contributed by atoms with Crippen molar-refractivity contribution in [2.75, 3.05) is 0 Å². The van der Waals surface area contributed by atoms with Crippen molar-refractivity contribution in [1.29, 1.82) is 0 Å². The zero-order chi connectivity index (χ0) is 21.7. The Morgan fingerprint density at radius 3 is 2.66 bits per heavy atom. The molecule has 2 aromatic carbocycles. The topological polar surface area (TPSA) is 83.1 Å². The van der Waals surface area contributed by atoms with Gasteiger partial charge in [0.1, 0.15) is 11.5 Å². The van der Waals surface area contributed by atoms with E-state index >= 15 is 0 Å². The van der Waals surface area contributed by atoms with E-state index in [1.54, 1.807) is 12.4 Å². The molecule has 0 radical (unpaired) electrons. The SMILES string of the molecule is Cc1cc(F)cc(-c2ccnc3nc(-c4n[nH]c5ccc(-c6ccccn6)cc45)[nH]c23)c1. The van der Waals surface area contributed by atoms with Gasteiger partial charge < -0.3 is 4.98 Å². The second-order valence-corrected chi connectivity index (χ2v) is 7.71. The molecule has 0 amide bonds. The number of nitrogens with zero attached hydrogens (tertiary/aromatic N) is 4.